The molecular formula is C8H10Zn. The Hall–Kier alpha value is -0.157. The molecule has 0 aliphatic heterocycles. The molecule has 44 valence electrons. The second kappa shape index (κ2) is 3.79. The molecule has 0 bridgehead atoms. The number of hydrogen-bond donors (Lipinski definition) is 0. The van der Waals surface area contributed by atoms with Gasteiger partial charge in [-0.05, 0) is 25.0 Å². The van der Waals surface area contributed by atoms with Crippen molar-refractivity contribution in [2.24, 2.45) is 0 Å². The molecule has 0 radical (unpaired) electrons. The average Bonchev–Trinajstić information content (AvgIpc) is 1.77. The third-order valence-electron chi connectivity index (χ3n) is 1.43. The van der Waals surface area contributed by atoms with Crippen LogP contribution in [0.4, 0.5) is 0 Å². The summed E-state index contributed by atoms with van der Waals surface area (Å²) in [6, 6.07) is 8.36. The molecule has 0 aromatic heterocycles. The molecule has 0 N–H and O–H groups in total. The Labute approximate surface area is 69.0 Å². The van der Waals surface area contributed by atoms with Crippen molar-refractivity contribution < 1.29 is 19.5 Å². The molecule has 0 saturated heterocycles. The van der Waals surface area contributed by atoms with Crippen LogP contribution in [0, 0.1) is 13.8 Å². The summed E-state index contributed by atoms with van der Waals surface area (Å²) < 4.78 is 0. The number of aryl methyl sites for hydroxylation is 2. The van der Waals surface area contributed by atoms with Gasteiger partial charge >= 0.3 is 0 Å². The molecule has 0 nitrogen and oxygen atoms in total. The van der Waals surface area contributed by atoms with Crippen LogP contribution < -0.4 is 0 Å². The summed E-state index contributed by atoms with van der Waals surface area (Å²) in [6.45, 7) is 4.24. The summed E-state index contributed by atoms with van der Waals surface area (Å²) in [5.74, 6) is 0. The van der Waals surface area contributed by atoms with Gasteiger partial charge in [-0.25, -0.2) is 0 Å². The molecule has 0 fully saturated rings. The van der Waals surface area contributed by atoms with Crippen molar-refractivity contribution in [1.82, 2.24) is 0 Å². The summed E-state index contributed by atoms with van der Waals surface area (Å²) in [5, 5.41) is 0. The van der Waals surface area contributed by atoms with E-state index in [4.69, 9.17) is 0 Å². The Bertz CT molecular complexity index is 161. The molecule has 0 aliphatic carbocycles. The summed E-state index contributed by atoms with van der Waals surface area (Å²) in [4.78, 5) is 0. The smallest absolute Gasteiger partial charge is 0 e. The van der Waals surface area contributed by atoms with E-state index in [0.717, 1.165) is 0 Å². The van der Waals surface area contributed by atoms with Crippen LogP contribution in [-0.4, -0.2) is 0 Å². The van der Waals surface area contributed by atoms with Crippen LogP contribution >= 0.6 is 0 Å². The monoisotopic (exact) mass is 170 g/mol. The Kier molecular flexibility index (Phi) is 3.73. The molecule has 1 rings (SSSR count). The van der Waals surface area contributed by atoms with Crippen molar-refractivity contribution in [1.29, 1.82) is 0 Å². The summed E-state index contributed by atoms with van der Waals surface area (Å²) >= 11 is 0. The minimum atomic E-state index is 0. The van der Waals surface area contributed by atoms with Gasteiger partial charge in [0.05, 0.1) is 0 Å². The summed E-state index contributed by atoms with van der Waals surface area (Å²) in [5.41, 5.74) is 2.74. The fourth-order valence-electron chi connectivity index (χ4n) is 0.663. The van der Waals surface area contributed by atoms with Crippen molar-refractivity contribution in [2.45, 2.75) is 13.8 Å². The van der Waals surface area contributed by atoms with E-state index in [1.807, 2.05) is 0 Å². The van der Waals surface area contributed by atoms with Crippen molar-refractivity contribution in [2.75, 3.05) is 0 Å². The summed E-state index contributed by atoms with van der Waals surface area (Å²) in [6.07, 6.45) is 0. The largest absolute Gasteiger partial charge is 0.0620 e. The maximum Gasteiger partial charge on any atom is 0 e. The SMILES string of the molecule is Cc1ccccc1C.[Zn]. The second-order valence-corrected chi connectivity index (χ2v) is 2.08. The molecule has 9 heavy (non-hydrogen) atoms. The van der Waals surface area contributed by atoms with Gasteiger partial charge in [-0.15, -0.1) is 0 Å². The van der Waals surface area contributed by atoms with E-state index >= 15 is 0 Å². The van der Waals surface area contributed by atoms with E-state index in [0.29, 0.717) is 0 Å². The van der Waals surface area contributed by atoms with Crippen LogP contribution in [0.2, 0.25) is 0 Å². The molecule has 0 unspecified atom stereocenters. The Morgan fingerprint density at radius 2 is 1.22 bits per heavy atom. The van der Waals surface area contributed by atoms with E-state index in [9.17, 15) is 0 Å². The molecule has 1 aromatic rings. The zero-order valence-corrected chi connectivity index (χ0v) is 8.98. The first kappa shape index (κ1) is 8.84. The fraction of sp³-hybridized carbons (Fsp3) is 0.250. The van der Waals surface area contributed by atoms with Gasteiger partial charge in [-0.3, -0.25) is 0 Å². The van der Waals surface area contributed by atoms with Crippen LogP contribution in [0.25, 0.3) is 0 Å². The molecule has 0 atom stereocenters. The van der Waals surface area contributed by atoms with Crippen molar-refractivity contribution in [3.63, 3.8) is 0 Å². The van der Waals surface area contributed by atoms with Crippen molar-refractivity contribution in [3.05, 3.63) is 35.4 Å². The minimum Gasteiger partial charge on any atom is -0.0620 e. The molecule has 0 spiro atoms. The minimum absolute atomic E-state index is 0. The van der Waals surface area contributed by atoms with Crippen molar-refractivity contribution in [3.8, 4) is 0 Å². The first-order chi connectivity index (χ1) is 3.80. The standard InChI is InChI=1S/C8H10.Zn/c1-7-5-3-4-6-8(7)2;/h3-6H,1-2H3;. The molecule has 1 heteroatoms. The average molecular weight is 172 g/mol. The van der Waals surface area contributed by atoms with Gasteiger partial charge in [0.25, 0.3) is 0 Å². The molecule has 0 amide bonds. The third kappa shape index (κ3) is 2.28. The van der Waals surface area contributed by atoms with E-state index < -0.39 is 0 Å². The van der Waals surface area contributed by atoms with Gasteiger partial charge in [0, 0.05) is 19.5 Å². The topological polar surface area (TPSA) is 0 Å². The molecule has 0 heterocycles. The fourth-order valence-corrected chi connectivity index (χ4v) is 0.663. The van der Waals surface area contributed by atoms with Crippen LogP contribution in [0.5, 0.6) is 0 Å². The predicted molar refractivity (Wildman–Crippen MR) is 35.9 cm³/mol. The second-order valence-electron chi connectivity index (χ2n) is 2.08. The van der Waals surface area contributed by atoms with Gasteiger partial charge < -0.3 is 0 Å². The van der Waals surface area contributed by atoms with Crippen molar-refractivity contribution >= 4 is 0 Å². The Morgan fingerprint density at radius 3 is 1.44 bits per heavy atom. The van der Waals surface area contributed by atoms with Gasteiger partial charge in [-0.1, -0.05) is 24.3 Å². The maximum absolute atomic E-state index is 2.12. The molecule has 1 aromatic carbocycles. The predicted octanol–water partition coefficient (Wildman–Crippen LogP) is 2.30. The molecule has 0 saturated carbocycles. The van der Waals surface area contributed by atoms with Gasteiger partial charge in [0.1, 0.15) is 0 Å². The van der Waals surface area contributed by atoms with Gasteiger partial charge in [0.2, 0.25) is 0 Å². The Morgan fingerprint density at radius 1 is 0.889 bits per heavy atom. The van der Waals surface area contributed by atoms with Crippen LogP contribution in [0.3, 0.4) is 0 Å². The van der Waals surface area contributed by atoms with Crippen LogP contribution in [-0.2, 0) is 19.5 Å². The Balaban J connectivity index is 0.000000640. The maximum atomic E-state index is 2.12. The first-order valence-corrected chi connectivity index (χ1v) is 2.83. The van der Waals surface area contributed by atoms with Gasteiger partial charge in [0.15, 0.2) is 0 Å². The zero-order chi connectivity index (χ0) is 5.98. The van der Waals surface area contributed by atoms with Gasteiger partial charge in [-0.2, -0.15) is 0 Å². The van der Waals surface area contributed by atoms with Crippen LogP contribution in [0.1, 0.15) is 11.1 Å². The van der Waals surface area contributed by atoms with E-state index in [-0.39, 0.29) is 19.5 Å². The number of hydrogen-bond acceptors (Lipinski definition) is 0. The van der Waals surface area contributed by atoms with E-state index in [2.05, 4.69) is 38.1 Å². The normalized spacial score (nSPS) is 8.22. The summed E-state index contributed by atoms with van der Waals surface area (Å²) in [7, 11) is 0. The molecular weight excluding hydrogens is 161 g/mol. The van der Waals surface area contributed by atoms with E-state index in [1.54, 1.807) is 0 Å². The third-order valence-corrected chi connectivity index (χ3v) is 1.43. The molecule has 0 aliphatic rings. The van der Waals surface area contributed by atoms with E-state index in [1.165, 1.54) is 11.1 Å². The number of rotatable bonds is 0. The first-order valence-electron chi connectivity index (χ1n) is 2.83. The zero-order valence-electron chi connectivity index (χ0n) is 6.02. The quantitative estimate of drug-likeness (QED) is 0.526. The number of benzene rings is 1. The van der Waals surface area contributed by atoms with Crippen LogP contribution in [0.15, 0.2) is 24.3 Å².